The standard InChI is InChI=1S/C19H30BrN3O2/c1-3-18(23-16-7-5-4-6-8-16)14(12-24)10-21-19-17(13(2)25)9-15(20)11-22-19/h9,11,14,16,18,23-24H,3-8,10,12H2,1-2H3,(H,21,22). The molecule has 1 heterocycles. The topological polar surface area (TPSA) is 74.2 Å². The van der Waals surface area contributed by atoms with Gasteiger partial charge in [-0.1, -0.05) is 26.2 Å². The first-order valence-corrected chi connectivity index (χ1v) is 10.1. The summed E-state index contributed by atoms with van der Waals surface area (Å²) in [6.07, 6.45) is 9.03. The van der Waals surface area contributed by atoms with Crippen molar-refractivity contribution < 1.29 is 9.90 Å². The maximum Gasteiger partial charge on any atom is 0.163 e. The van der Waals surface area contributed by atoms with Gasteiger partial charge in [0.05, 0.1) is 5.56 Å². The summed E-state index contributed by atoms with van der Waals surface area (Å²) in [5, 5.41) is 16.9. The van der Waals surface area contributed by atoms with Gasteiger partial charge in [-0.3, -0.25) is 4.79 Å². The number of ketones is 1. The van der Waals surface area contributed by atoms with Crippen LogP contribution in [0.5, 0.6) is 0 Å². The molecule has 3 N–H and O–H groups in total. The number of halogens is 1. The highest BCUT2D eigenvalue weighted by atomic mass is 79.9. The zero-order valence-corrected chi connectivity index (χ0v) is 16.8. The van der Waals surface area contributed by atoms with Crippen LogP contribution in [0.3, 0.4) is 0 Å². The minimum absolute atomic E-state index is 0.0239. The van der Waals surface area contributed by atoms with Crippen LogP contribution in [-0.4, -0.2) is 41.1 Å². The molecule has 1 aromatic heterocycles. The van der Waals surface area contributed by atoms with Gasteiger partial charge in [0.1, 0.15) is 5.82 Å². The van der Waals surface area contributed by atoms with E-state index in [0.717, 1.165) is 10.9 Å². The molecule has 6 heteroatoms. The molecule has 1 aliphatic rings. The van der Waals surface area contributed by atoms with Crippen LogP contribution in [0.4, 0.5) is 5.82 Å². The molecule has 1 aromatic rings. The number of aliphatic hydroxyl groups excluding tert-OH is 1. The summed E-state index contributed by atoms with van der Waals surface area (Å²) in [5.74, 6) is 0.642. The average molecular weight is 412 g/mol. The molecule has 0 aliphatic heterocycles. The van der Waals surface area contributed by atoms with E-state index in [4.69, 9.17) is 0 Å². The molecule has 1 fully saturated rings. The van der Waals surface area contributed by atoms with E-state index >= 15 is 0 Å². The number of nitrogens with zero attached hydrogens (tertiary/aromatic N) is 1. The lowest BCUT2D eigenvalue weighted by Crippen LogP contribution is -2.46. The predicted molar refractivity (Wildman–Crippen MR) is 105 cm³/mol. The molecule has 0 bridgehead atoms. The maximum atomic E-state index is 11.8. The Balaban J connectivity index is 1.99. The van der Waals surface area contributed by atoms with Crippen LogP contribution in [0.2, 0.25) is 0 Å². The highest BCUT2D eigenvalue weighted by Crippen LogP contribution is 2.22. The van der Waals surface area contributed by atoms with Crippen molar-refractivity contribution in [1.29, 1.82) is 0 Å². The van der Waals surface area contributed by atoms with Crippen LogP contribution >= 0.6 is 15.9 Å². The Morgan fingerprint density at radius 1 is 1.40 bits per heavy atom. The molecule has 2 rings (SSSR count). The van der Waals surface area contributed by atoms with Crippen molar-refractivity contribution >= 4 is 27.5 Å². The number of aliphatic hydroxyl groups is 1. The molecule has 0 aromatic carbocycles. The summed E-state index contributed by atoms with van der Waals surface area (Å²) in [6, 6.07) is 2.60. The average Bonchev–Trinajstić information content (AvgIpc) is 2.62. The number of hydrogen-bond acceptors (Lipinski definition) is 5. The van der Waals surface area contributed by atoms with Crippen LogP contribution in [0.25, 0.3) is 0 Å². The van der Waals surface area contributed by atoms with Gasteiger partial charge in [0.15, 0.2) is 5.78 Å². The molecule has 5 nitrogen and oxygen atoms in total. The van der Waals surface area contributed by atoms with Crippen molar-refractivity contribution in [2.45, 2.75) is 64.5 Å². The van der Waals surface area contributed by atoms with E-state index in [1.54, 1.807) is 12.3 Å². The molecule has 0 amide bonds. The van der Waals surface area contributed by atoms with E-state index in [-0.39, 0.29) is 24.3 Å². The minimum Gasteiger partial charge on any atom is -0.396 e. The van der Waals surface area contributed by atoms with Crippen LogP contribution in [-0.2, 0) is 0 Å². The van der Waals surface area contributed by atoms with Crippen LogP contribution < -0.4 is 10.6 Å². The number of anilines is 1. The molecular weight excluding hydrogens is 382 g/mol. The summed E-state index contributed by atoms with van der Waals surface area (Å²) in [5.41, 5.74) is 0.569. The Hall–Kier alpha value is -0.980. The normalized spacial score (nSPS) is 17.9. The number of carbonyl (C=O) groups excluding carboxylic acids is 1. The summed E-state index contributed by atoms with van der Waals surface area (Å²) in [4.78, 5) is 16.1. The molecule has 25 heavy (non-hydrogen) atoms. The lowest BCUT2D eigenvalue weighted by molar-refractivity contribution is 0.101. The van der Waals surface area contributed by atoms with Crippen LogP contribution in [0.15, 0.2) is 16.7 Å². The second-order valence-electron chi connectivity index (χ2n) is 6.95. The van der Waals surface area contributed by atoms with E-state index in [9.17, 15) is 9.90 Å². The molecule has 0 saturated heterocycles. The molecule has 140 valence electrons. The number of hydrogen-bond donors (Lipinski definition) is 3. The largest absolute Gasteiger partial charge is 0.396 e. The third-order valence-corrected chi connectivity index (χ3v) is 5.50. The van der Waals surface area contributed by atoms with E-state index in [2.05, 4.69) is 38.5 Å². The number of aromatic nitrogens is 1. The van der Waals surface area contributed by atoms with E-state index in [1.165, 1.54) is 39.0 Å². The van der Waals surface area contributed by atoms with Gasteiger partial charge in [0.25, 0.3) is 0 Å². The van der Waals surface area contributed by atoms with Gasteiger partial charge in [-0.25, -0.2) is 4.98 Å². The lowest BCUT2D eigenvalue weighted by Gasteiger charge is -2.32. The Labute approximate surface area is 159 Å². The van der Waals surface area contributed by atoms with Gasteiger partial charge in [0.2, 0.25) is 0 Å². The first kappa shape index (κ1) is 20.3. The monoisotopic (exact) mass is 411 g/mol. The highest BCUT2D eigenvalue weighted by Gasteiger charge is 2.24. The van der Waals surface area contributed by atoms with Gasteiger partial charge >= 0.3 is 0 Å². The molecule has 1 saturated carbocycles. The number of rotatable bonds is 9. The Morgan fingerprint density at radius 2 is 2.12 bits per heavy atom. The Morgan fingerprint density at radius 3 is 2.72 bits per heavy atom. The summed E-state index contributed by atoms with van der Waals surface area (Å²) in [7, 11) is 0. The Kier molecular flexibility index (Phi) is 8.33. The van der Waals surface area contributed by atoms with Gasteiger partial charge in [0, 0.05) is 41.8 Å². The zero-order valence-electron chi connectivity index (χ0n) is 15.2. The van der Waals surface area contributed by atoms with Crippen molar-refractivity contribution in [1.82, 2.24) is 10.3 Å². The fraction of sp³-hybridized carbons (Fsp3) is 0.684. The number of Topliss-reactive ketones (excluding diaryl/α,β-unsaturated/α-hetero) is 1. The van der Waals surface area contributed by atoms with Crippen molar-refractivity contribution in [3.63, 3.8) is 0 Å². The first-order valence-electron chi connectivity index (χ1n) is 9.32. The molecule has 0 radical (unpaired) electrons. The quantitative estimate of drug-likeness (QED) is 0.539. The minimum atomic E-state index is -0.0239. The first-order chi connectivity index (χ1) is 12.0. The van der Waals surface area contributed by atoms with Crippen molar-refractivity contribution in [3.05, 3.63) is 22.3 Å². The third-order valence-electron chi connectivity index (χ3n) is 5.06. The number of nitrogens with one attached hydrogen (secondary N) is 2. The predicted octanol–water partition coefficient (Wildman–Crippen LogP) is 3.77. The number of pyridine rings is 1. The van der Waals surface area contributed by atoms with Gasteiger partial charge in [-0.15, -0.1) is 0 Å². The third kappa shape index (κ3) is 6.04. The fourth-order valence-electron chi connectivity index (χ4n) is 3.57. The van der Waals surface area contributed by atoms with Crippen molar-refractivity contribution in [3.8, 4) is 0 Å². The molecule has 1 aliphatic carbocycles. The second-order valence-corrected chi connectivity index (χ2v) is 7.86. The maximum absolute atomic E-state index is 11.8. The lowest BCUT2D eigenvalue weighted by atomic mass is 9.91. The van der Waals surface area contributed by atoms with E-state index in [0.29, 0.717) is 24.0 Å². The number of carbonyl (C=O) groups is 1. The molecule has 2 atom stereocenters. The molecular formula is C19H30BrN3O2. The van der Waals surface area contributed by atoms with Crippen LogP contribution in [0, 0.1) is 5.92 Å². The fourth-order valence-corrected chi connectivity index (χ4v) is 3.90. The summed E-state index contributed by atoms with van der Waals surface area (Å²) in [6.45, 7) is 4.39. The smallest absolute Gasteiger partial charge is 0.163 e. The van der Waals surface area contributed by atoms with Crippen LogP contribution in [0.1, 0.15) is 62.7 Å². The van der Waals surface area contributed by atoms with Crippen molar-refractivity contribution in [2.75, 3.05) is 18.5 Å². The summed E-state index contributed by atoms with van der Waals surface area (Å²) >= 11 is 3.36. The van der Waals surface area contributed by atoms with E-state index < -0.39 is 0 Å². The highest BCUT2D eigenvalue weighted by molar-refractivity contribution is 9.10. The SMILES string of the molecule is CCC(NC1CCCCC1)C(CO)CNc1ncc(Br)cc1C(C)=O. The molecule has 0 spiro atoms. The van der Waals surface area contributed by atoms with E-state index in [1.807, 2.05) is 0 Å². The van der Waals surface area contributed by atoms with Gasteiger partial charge in [-0.05, 0) is 48.2 Å². The van der Waals surface area contributed by atoms with Crippen molar-refractivity contribution in [2.24, 2.45) is 5.92 Å². The summed E-state index contributed by atoms with van der Waals surface area (Å²) < 4.78 is 0.785. The molecule has 2 unspecified atom stereocenters. The second kappa shape index (κ2) is 10.2. The Bertz CT molecular complexity index is 562. The van der Waals surface area contributed by atoms with Gasteiger partial charge < -0.3 is 15.7 Å². The van der Waals surface area contributed by atoms with Gasteiger partial charge in [-0.2, -0.15) is 0 Å². The zero-order chi connectivity index (χ0) is 18.2.